The van der Waals surface area contributed by atoms with Crippen LogP contribution in [0, 0.1) is 0 Å². The maximum Gasteiger partial charge on any atom is 0.306 e. The molecule has 1 fully saturated rings. The quantitative estimate of drug-likeness (QED) is 0.0269. The maximum atomic E-state index is 12.8. The second-order valence-corrected chi connectivity index (χ2v) is 16.1. The molecule has 1 heterocycles. The molecule has 6 atom stereocenters. The average Bonchev–Trinajstić information content (AvgIpc) is 3.32. The molecule has 370 valence electrons. The van der Waals surface area contributed by atoms with Crippen LogP contribution in [0.15, 0.2) is 146 Å². The molecule has 0 aromatic carbocycles. The molecule has 1 saturated heterocycles. The monoisotopic (exact) mass is 917 g/mol. The van der Waals surface area contributed by atoms with Crippen molar-refractivity contribution in [2.24, 2.45) is 0 Å². The lowest BCUT2D eigenvalue weighted by molar-refractivity contribution is -0.305. The summed E-state index contributed by atoms with van der Waals surface area (Å²) in [7, 11) is 0. The minimum Gasteiger partial charge on any atom is -0.457 e. The number of esters is 1. The topological polar surface area (TPSA) is 135 Å². The zero-order valence-electron chi connectivity index (χ0n) is 40.6. The van der Waals surface area contributed by atoms with Crippen LogP contribution in [-0.4, -0.2) is 89.6 Å². The van der Waals surface area contributed by atoms with Gasteiger partial charge in [-0.1, -0.05) is 173 Å². The van der Waals surface area contributed by atoms with Gasteiger partial charge in [-0.2, -0.15) is 0 Å². The molecular weight excluding hydrogens is 829 g/mol. The zero-order valence-corrected chi connectivity index (χ0v) is 40.6. The fraction of sp³-hybridized carbons (Fsp3) is 0.561. The van der Waals surface area contributed by atoms with E-state index in [2.05, 4.69) is 160 Å². The smallest absolute Gasteiger partial charge is 0.306 e. The molecule has 0 amide bonds. The molecule has 9 heteroatoms. The molecule has 1 aliphatic heterocycles. The molecule has 0 aromatic heterocycles. The Morgan fingerprint density at radius 3 is 1.30 bits per heavy atom. The Labute approximate surface area is 400 Å². The van der Waals surface area contributed by atoms with Crippen LogP contribution in [0.25, 0.3) is 0 Å². The van der Waals surface area contributed by atoms with Crippen molar-refractivity contribution in [1.82, 2.24) is 0 Å². The fourth-order valence-electron chi connectivity index (χ4n) is 6.45. The lowest BCUT2D eigenvalue weighted by Crippen LogP contribution is -2.59. The predicted molar refractivity (Wildman–Crippen MR) is 274 cm³/mol. The van der Waals surface area contributed by atoms with E-state index in [9.17, 15) is 25.2 Å². The van der Waals surface area contributed by atoms with Crippen LogP contribution >= 0.6 is 0 Å². The lowest BCUT2D eigenvalue weighted by atomic mass is 9.99. The summed E-state index contributed by atoms with van der Waals surface area (Å²) < 4.78 is 22.8. The molecular formula is C57H88O9. The summed E-state index contributed by atoms with van der Waals surface area (Å²) in [5.41, 5.74) is 0. The van der Waals surface area contributed by atoms with Crippen molar-refractivity contribution in [3.05, 3.63) is 146 Å². The highest BCUT2D eigenvalue weighted by Gasteiger charge is 2.44. The van der Waals surface area contributed by atoms with E-state index in [1.54, 1.807) is 0 Å². The lowest BCUT2D eigenvalue weighted by Gasteiger charge is -2.39. The highest BCUT2D eigenvalue weighted by atomic mass is 16.7. The number of carbonyl (C=O) groups is 1. The Hall–Kier alpha value is -3.93. The molecule has 0 spiro atoms. The average molecular weight is 917 g/mol. The third-order valence-electron chi connectivity index (χ3n) is 10.3. The van der Waals surface area contributed by atoms with Gasteiger partial charge in [-0.3, -0.25) is 4.79 Å². The number of rotatable bonds is 40. The number of ether oxygens (including phenoxy) is 4. The second-order valence-electron chi connectivity index (χ2n) is 16.1. The van der Waals surface area contributed by atoms with E-state index < -0.39 is 43.4 Å². The molecule has 66 heavy (non-hydrogen) atoms. The van der Waals surface area contributed by atoms with Crippen molar-refractivity contribution in [1.29, 1.82) is 0 Å². The van der Waals surface area contributed by atoms with Crippen molar-refractivity contribution >= 4 is 5.97 Å². The molecule has 0 aromatic rings. The predicted octanol–water partition coefficient (Wildman–Crippen LogP) is 12.2. The van der Waals surface area contributed by atoms with Crippen LogP contribution in [0.4, 0.5) is 0 Å². The van der Waals surface area contributed by atoms with Crippen molar-refractivity contribution in [3.63, 3.8) is 0 Å². The molecule has 0 radical (unpaired) electrons. The van der Waals surface area contributed by atoms with Gasteiger partial charge in [0, 0.05) is 13.0 Å². The number of carbonyl (C=O) groups excluding carboxylic acids is 1. The largest absolute Gasteiger partial charge is 0.457 e. The minimum atomic E-state index is -1.56. The Bertz CT molecular complexity index is 1510. The summed E-state index contributed by atoms with van der Waals surface area (Å²) >= 11 is 0. The first-order chi connectivity index (χ1) is 32.4. The Morgan fingerprint density at radius 2 is 0.879 bits per heavy atom. The molecule has 0 bridgehead atoms. The standard InChI is InChI=1S/C57H88O9/c1-3-5-7-9-11-13-15-17-19-21-22-23-24-25-26-27-28-29-31-33-35-37-39-41-43-45-47-63-49-51(50-64-57-56(62)55(61)54(60)52(48-58)66-57)65-53(59)46-44-42-40-38-36-34-32-30-20-18-16-14-12-10-8-6-4-2/h5-8,11-14,17-20,22-23,25-26,28-29,32-35,38,40,51-52,54-58,60-62H,3-4,9-10,15-16,21,24,27,30-31,36-37,39,41-50H2,1-2H3/b7-5-,8-6-,13-11-,14-12-,19-17-,20-18-,23-22-,26-25-,29-28-,34-32-,35-33-,40-38-. The number of allylic oxidation sites excluding steroid dienone is 24. The first-order valence-corrected chi connectivity index (χ1v) is 24.9. The van der Waals surface area contributed by atoms with E-state index in [-0.39, 0.29) is 25.6 Å². The zero-order chi connectivity index (χ0) is 47.8. The third-order valence-corrected chi connectivity index (χ3v) is 10.3. The van der Waals surface area contributed by atoms with E-state index in [0.29, 0.717) is 13.0 Å². The van der Waals surface area contributed by atoms with Gasteiger partial charge in [-0.15, -0.1) is 0 Å². The van der Waals surface area contributed by atoms with Gasteiger partial charge < -0.3 is 39.4 Å². The number of hydrogen-bond acceptors (Lipinski definition) is 9. The van der Waals surface area contributed by atoms with Crippen molar-refractivity contribution in [2.45, 2.75) is 179 Å². The molecule has 1 rings (SSSR count). The molecule has 1 aliphatic rings. The van der Waals surface area contributed by atoms with E-state index in [4.69, 9.17) is 18.9 Å². The van der Waals surface area contributed by atoms with Gasteiger partial charge in [0.25, 0.3) is 0 Å². The summed E-state index contributed by atoms with van der Waals surface area (Å²) in [6, 6.07) is 0. The maximum absolute atomic E-state index is 12.8. The van der Waals surface area contributed by atoms with Gasteiger partial charge in [0.1, 0.15) is 30.5 Å². The summed E-state index contributed by atoms with van der Waals surface area (Å²) in [6.07, 6.45) is 63.1. The summed E-state index contributed by atoms with van der Waals surface area (Å²) in [5, 5.41) is 40.2. The second kappa shape index (κ2) is 46.2. The summed E-state index contributed by atoms with van der Waals surface area (Å²) in [4.78, 5) is 12.8. The number of unbranched alkanes of at least 4 members (excludes halogenated alkanes) is 5. The molecule has 4 N–H and O–H groups in total. The highest BCUT2D eigenvalue weighted by molar-refractivity contribution is 5.69. The van der Waals surface area contributed by atoms with E-state index >= 15 is 0 Å². The highest BCUT2D eigenvalue weighted by Crippen LogP contribution is 2.22. The van der Waals surface area contributed by atoms with Crippen LogP contribution in [-0.2, 0) is 23.7 Å². The van der Waals surface area contributed by atoms with Gasteiger partial charge in [0.2, 0.25) is 0 Å². The summed E-state index contributed by atoms with van der Waals surface area (Å²) in [5.74, 6) is -0.387. The number of aliphatic hydroxyl groups excluding tert-OH is 4. The van der Waals surface area contributed by atoms with Crippen LogP contribution < -0.4 is 0 Å². The molecule has 6 unspecified atom stereocenters. The molecule has 9 nitrogen and oxygen atoms in total. The fourth-order valence-corrected chi connectivity index (χ4v) is 6.45. The van der Waals surface area contributed by atoms with Gasteiger partial charge in [-0.25, -0.2) is 0 Å². The Balaban J connectivity index is 2.30. The minimum absolute atomic E-state index is 0.0925. The number of aliphatic hydroxyl groups is 4. The van der Waals surface area contributed by atoms with Gasteiger partial charge in [0.15, 0.2) is 6.29 Å². The molecule has 0 aliphatic carbocycles. The van der Waals surface area contributed by atoms with E-state index in [0.717, 1.165) is 116 Å². The van der Waals surface area contributed by atoms with Crippen molar-refractivity contribution in [3.8, 4) is 0 Å². The van der Waals surface area contributed by atoms with Crippen LogP contribution in [0.5, 0.6) is 0 Å². The Kier molecular flexibility index (Phi) is 42.1. The first kappa shape index (κ1) is 60.1. The van der Waals surface area contributed by atoms with Crippen molar-refractivity contribution < 1.29 is 44.2 Å². The Morgan fingerprint density at radius 1 is 0.485 bits per heavy atom. The number of hydrogen-bond donors (Lipinski definition) is 4. The van der Waals surface area contributed by atoms with E-state index in [1.807, 2.05) is 0 Å². The van der Waals surface area contributed by atoms with E-state index in [1.165, 1.54) is 0 Å². The van der Waals surface area contributed by atoms with Crippen molar-refractivity contribution in [2.75, 3.05) is 26.4 Å². The van der Waals surface area contributed by atoms with Crippen LogP contribution in [0.3, 0.4) is 0 Å². The SMILES string of the molecule is CC/C=C\C/C=C\C/C=C\C/C=C\C/C=C\C/C=C\C/C=C\CCCCCCOCC(COC1OC(CO)C(O)C(O)C1O)OC(=O)CCC/C=C\C/C=C\C/C=C\C/C=C\C/C=C\CC. The third kappa shape index (κ3) is 36.2. The molecule has 0 saturated carbocycles. The van der Waals surface area contributed by atoms with Gasteiger partial charge in [-0.05, 0) is 109 Å². The summed E-state index contributed by atoms with van der Waals surface area (Å²) in [6.45, 7) is 4.16. The normalized spacial score (nSPS) is 20.6. The van der Waals surface area contributed by atoms with Crippen LogP contribution in [0.2, 0.25) is 0 Å². The van der Waals surface area contributed by atoms with Crippen LogP contribution in [0.1, 0.15) is 142 Å². The first-order valence-electron chi connectivity index (χ1n) is 24.9. The van der Waals surface area contributed by atoms with Gasteiger partial charge >= 0.3 is 5.97 Å². The van der Waals surface area contributed by atoms with Gasteiger partial charge in [0.05, 0.1) is 19.8 Å².